The predicted octanol–water partition coefficient (Wildman–Crippen LogP) is 4.37. The van der Waals surface area contributed by atoms with Crippen LogP contribution in [-0.2, 0) is 14.6 Å². The van der Waals surface area contributed by atoms with Crippen LogP contribution in [0.3, 0.4) is 0 Å². The maximum atomic E-state index is 12.2. The van der Waals surface area contributed by atoms with Crippen LogP contribution in [0.5, 0.6) is 0 Å². The molecule has 0 radical (unpaired) electrons. The molecule has 1 unspecified atom stereocenters. The summed E-state index contributed by atoms with van der Waals surface area (Å²) >= 11 is 0. The average Bonchev–Trinajstić information content (AvgIpc) is 2.48. The molecule has 0 aromatic heterocycles. The van der Waals surface area contributed by atoms with Crippen molar-refractivity contribution < 1.29 is 13.2 Å². The van der Waals surface area contributed by atoms with E-state index in [0.29, 0.717) is 12.8 Å². The Kier molecular flexibility index (Phi) is 13.5. The number of hydrogen-bond acceptors (Lipinski definition) is 3. The molecule has 2 N–H and O–H groups in total. The average molecular weight is 348 g/mol. The highest BCUT2D eigenvalue weighted by molar-refractivity contribution is 7.92. The molecule has 1 amide bonds. The standard InChI is InChI=1S/C18H37NO3S/c1-3-5-7-8-9-10-11-12-13-15-17(18(19)20)23(21,22)16-14-6-4-2/h17H,3-16H2,1-2H3,(H2,19,20). The molecule has 0 aliphatic carbocycles. The number of hydrogen-bond donors (Lipinski definition) is 1. The van der Waals surface area contributed by atoms with Gasteiger partial charge >= 0.3 is 0 Å². The lowest BCUT2D eigenvalue weighted by Gasteiger charge is -2.14. The molecule has 5 heteroatoms. The molecule has 0 spiro atoms. The van der Waals surface area contributed by atoms with E-state index >= 15 is 0 Å². The molecule has 23 heavy (non-hydrogen) atoms. The summed E-state index contributed by atoms with van der Waals surface area (Å²) in [4.78, 5) is 11.5. The molecule has 0 aliphatic rings. The van der Waals surface area contributed by atoms with E-state index in [4.69, 9.17) is 5.73 Å². The number of nitrogens with two attached hydrogens (primary N) is 1. The number of carbonyl (C=O) groups is 1. The molecule has 4 nitrogen and oxygen atoms in total. The SMILES string of the molecule is CCCCCCCCCCCC(C(N)=O)S(=O)(=O)CCCCC. The lowest BCUT2D eigenvalue weighted by atomic mass is 10.1. The molecule has 138 valence electrons. The fraction of sp³-hybridized carbons (Fsp3) is 0.944. The van der Waals surface area contributed by atoms with E-state index in [-0.39, 0.29) is 5.75 Å². The van der Waals surface area contributed by atoms with Gasteiger partial charge in [-0.3, -0.25) is 4.79 Å². The molecule has 0 rings (SSSR count). The minimum absolute atomic E-state index is 0.0892. The molecular formula is C18H37NO3S. The number of amides is 1. The minimum Gasteiger partial charge on any atom is -0.369 e. The second-order valence-electron chi connectivity index (χ2n) is 6.58. The summed E-state index contributed by atoms with van der Waals surface area (Å²) in [7, 11) is -3.38. The Hall–Kier alpha value is -0.580. The van der Waals surface area contributed by atoms with Crippen molar-refractivity contribution in [2.45, 2.75) is 103 Å². The number of primary amides is 1. The smallest absolute Gasteiger partial charge is 0.235 e. The van der Waals surface area contributed by atoms with Crippen LogP contribution in [-0.4, -0.2) is 25.3 Å². The zero-order valence-electron chi connectivity index (χ0n) is 15.2. The molecule has 0 saturated carbocycles. The van der Waals surface area contributed by atoms with E-state index < -0.39 is 21.0 Å². The molecule has 0 aliphatic heterocycles. The fourth-order valence-electron chi connectivity index (χ4n) is 2.83. The zero-order chi connectivity index (χ0) is 17.6. The number of carbonyl (C=O) groups excluding carboxylic acids is 1. The fourth-order valence-corrected chi connectivity index (χ4v) is 4.61. The van der Waals surface area contributed by atoms with Gasteiger partial charge in [-0.1, -0.05) is 84.5 Å². The summed E-state index contributed by atoms with van der Waals surface area (Å²) in [5.41, 5.74) is 5.32. The summed E-state index contributed by atoms with van der Waals surface area (Å²) in [6.45, 7) is 4.24. The first-order chi connectivity index (χ1) is 11.0. The topological polar surface area (TPSA) is 77.2 Å². The second kappa shape index (κ2) is 13.8. The largest absolute Gasteiger partial charge is 0.369 e. The Morgan fingerprint density at radius 1 is 0.783 bits per heavy atom. The Morgan fingerprint density at radius 2 is 1.22 bits per heavy atom. The third kappa shape index (κ3) is 11.6. The normalized spacial score (nSPS) is 13.1. The predicted molar refractivity (Wildman–Crippen MR) is 98.1 cm³/mol. The second-order valence-corrected chi connectivity index (χ2v) is 8.89. The maximum Gasteiger partial charge on any atom is 0.235 e. The first-order valence-electron chi connectivity index (χ1n) is 9.46. The van der Waals surface area contributed by atoms with Crippen molar-refractivity contribution in [1.82, 2.24) is 0 Å². The van der Waals surface area contributed by atoms with Crippen molar-refractivity contribution in [3.63, 3.8) is 0 Å². The van der Waals surface area contributed by atoms with E-state index in [0.717, 1.165) is 32.1 Å². The van der Waals surface area contributed by atoms with Crippen LogP contribution < -0.4 is 5.73 Å². The van der Waals surface area contributed by atoms with Crippen LogP contribution in [0.1, 0.15) is 97.3 Å². The molecule has 0 bridgehead atoms. The minimum atomic E-state index is -3.38. The van der Waals surface area contributed by atoms with Crippen LogP contribution in [0.2, 0.25) is 0 Å². The van der Waals surface area contributed by atoms with E-state index in [1.807, 2.05) is 6.92 Å². The maximum absolute atomic E-state index is 12.2. The van der Waals surface area contributed by atoms with Crippen LogP contribution in [0.15, 0.2) is 0 Å². The quantitative estimate of drug-likeness (QED) is 0.421. The van der Waals surface area contributed by atoms with Gasteiger partial charge in [-0.2, -0.15) is 0 Å². The van der Waals surface area contributed by atoms with Gasteiger partial charge < -0.3 is 5.73 Å². The number of rotatable bonds is 16. The Labute approximate surface area is 143 Å². The molecule has 1 atom stereocenters. The molecular weight excluding hydrogens is 310 g/mol. The van der Waals surface area contributed by atoms with Gasteiger partial charge in [-0.15, -0.1) is 0 Å². The van der Waals surface area contributed by atoms with Crippen molar-refractivity contribution in [3.05, 3.63) is 0 Å². The molecule has 0 aromatic rings. The summed E-state index contributed by atoms with van der Waals surface area (Å²) in [6.07, 6.45) is 13.4. The van der Waals surface area contributed by atoms with Gasteiger partial charge in [0.25, 0.3) is 0 Å². The summed E-state index contributed by atoms with van der Waals surface area (Å²) in [6, 6.07) is 0. The van der Waals surface area contributed by atoms with Crippen LogP contribution in [0.25, 0.3) is 0 Å². The highest BCUT2D eigenvalue weighted by Gasteiger charge is 2.29. The Balaban J connectivity index is 3.95. The van der Waals surface area contributed by atoms with Crippen LogP contribution in [0, 0.1) is 0 Å². The van der Waals surface area contributed by atoms with E-state index in [1.165, 1.54) is 38.5 Å². The molecule has 0 heterocycles. The van der Waals surface area contributed by atoms with Gasteiger partial charge in [0, 0.05) is 0 Å². The zero-order valence-corrected chi connectivity index (χ0v) is 16.0. The van der Waals surface area contributed by atoms with Gasteiger partial charge in [0.2, 0.25) is 5.91 Å². The number of unbranched alkanes of at least 4 members (excludes halogenated alkanes) is 10. The van der Waals surface area contributed by atoms with Gasteiger partial charge in [0.05, 0.1) is 5.75 Å². The van der Waals surface area contributed by atoms with Crippen molar-refractivity contribution in [2.75, 3.05) is 5.75 Å². The Bertz CT molecular complexity index is 393. The number of sulfone groups is 1. The summed E-state index contributed by atoms with van der Waals surface area (Å²) < 4.78 is 24.4. The van der Waals surface area contributed by atoms with Gasteiger partial charge in [-0.05, 0) is 12.8 Å². The van der Waals surface area contributed by atoms with Gasteiger partial charge in [0.15, 0.2) is 9.84 Å². The highest BCUT2D eigenvalue weighted by Crippen LogP contribution is 2.16. The first kappa shape index (κ1) is 22.4. The summed E-state index contributed by atoms with van der Waals surface area (Å²) in [5, 5.41) is -0.982. The highest BCUT2D eigenvalue weighted by atomic mass is 32.2. The third-order valence-corrected chi connectivity index (χ3v) is 6.55. The molecule has 0 fully saturated rings. The van der Waals surface area contributed by atoms with Crippen molar-refractivity contribution in [3.8, 4) is 0 Å². The monoisotopic (exact) mass is 347 g/mol. The lowest BCUT2D eigenvalue weighted by Crippen LogP contribution is -2.37. The Morgan fingerprint density at radius 3 is 1.70 bits per heavy atom. The molecule has 0 saturated heterocycles. The third-order valence-electron chi connectivity index (χ3n) is 4.35. The van der Waals surface area contributed by atoms with E-state index in [2.05, 4.69) is 6.92 Å². The summed E-state index contributed by atoms with van der Waals surface area (Å²) in [5.74, 6) is -0.590. The van der Waals surface area contributed by atoms with Crippen LogP contribution >= 0.6 is 0 Å². The van der Waals surface area contributed by atoms with Crippen molar-refractivity contribution in [1.29, 1.82) is 0 Å². The first-order valence-corrected chi connectivity index (χ1v) is 11.2. The lowest BCUT2D eigenvalue weighted by molar-refractivity contribution is -0.117. The molecule has 0 aromatic carbocycles. The van der Waals surface area contributed by atoms with Crippen molar-refractivity contribution >= 4 is 15.7 Å². The van der Waals surface area contributed by atoms with E-state index in [9.17, 15) is 13.2 Å². The van der Waals surface area contributed by atoms with Gasteiger partial charge in [-0.25, -0.2) is 8.42 Å². The van der Waals surface area contributed by atoms with Crippen LogP contribution in [0.4, 0.5) is 0 Å². The van der Waals surface area contributed by atoms with E-state index in [1.54, 1.807) is 0 Å². The van der Waals surface area contributed by atoms with Gasteiger partial charge in [0.1, 0.15) is 5.25 Å². The van der Waals surface area contributed by atoms with Crippen molar-refractivity contribution in [2.24, 2.45) is 5.73 Å².